The van der Waals surface area contributed by atoms with Crippen molar-refractivity contribution in [2.75, 3.05) is 13.2 Å². The highest BCUT2D eigenvalue weighted by atomic mass is 35.5. The average Bonchev–Trinajstić information content (AvgIpc) is 3.29. The van der Waals surface area contributed by atoms with Crippen LogP contribution in [0.3, 0.4) is 0 Å². The first-order chi connectivity index (χ1) is 13.8. The van der Waals surface area contributed by atoms with Crippen LogP contribution in [0.1, 0.15) is 29.7 Å². The maximum absolute atomic E-state index is 13.0. The molecule has 156 valence electrons. The van der Waals surface area contributed by atoms with Gasteiger partial charge in [-0.15, -0.1) is 0 Å². The lowest BCUT2D eigenvalue weighted by Crippen LogP contribution is -2.37. The van der Waals surface area contributed by atoms with Crippen molar-refractivity contribution in [2.45, 2.75) is 32.0 Å². The number of alkyl halides is 3. The molecule has 1 fully saturated rings. The molecule has 1 atom stereocenters. The van der Waals surface area contributed by atoms with Gasteiger partial charge >= 0.3 is 6.18 Å². The van der Waals surface area contributed by atoms with Crippen molar-refractivity contribution in [3.05, 3.63) is 46.2 Å². The van der Waals surface area contributed by atoms with Crippen molar-refractivity contribution >= 4 is 35.1 Å². The van der Waals surface area contributed by atoms with Gasteiger partial charge in [-0.2, -0.15) is 23.4 Å². The first kappa shape index (κ1) is 21.5. The number of rotatable bonds is 5. The van der Waals surface area contributed by atoms with E-state index in [0.717, 1.165) is 31.6 Å². The Balaban J connectivity index is 1.68. The van der Waals surface area contributed by atoms with Crippen LogP contribution in [-0.4, -0.2) is 40.4 Å². The van der Waals surface area contributed by atoms with E-state index in [1.165, 1.54) is 23.0 Å². The molecule has 0 radical (unpaired) electrons. The minimum Gasteiger partial charge on any atom is -0.376 e. The molecule has 0 amide bonds. The quantitative estimate of drug-likeness (QED) is 0.416. The Morgan fingerprint density at radius 2 is 2.28 bits per heavy atom. The van der Waals surface area contributed by atoms with E-state index in [0.29, 0.717) is 22.9 Å². The zero-order valence-electron chi connectivity index (χ0n) is 15.5. The lowest BCUT2D eigenvalue weighted by atomic mass is 10.2. The molecule has 0 saturated carbocycles. The van der Waals surface area contributed by atoms with Gasteiger partial charge in [0.15, 0.2) is 5.11 Å². The molecule has 6 nitrogen and oxygen atoms in total. The van der Waals surface area contributed by atoms with Gasteiger partial charge in [0, 0.05) is 13.2 Å². The summed E-state index contributed by atoms with van der Waals surface area (Å²) in [4.78, 5) is 0. The van der Waals surface area contributed by atoms with Gasteiger partial charge in [0.25, 0.3) is 0 Å². The summed E-state index contributed by atoms with van der Waals surface area (Å²) in [5.74, 6) is 0. The first-order valence-corrected chi connectivity index (χ1v) is 9.65. The number of aryl methyl sites for hydroxylation is 1. The number of halogens is 4. The largest absolute Gasteiger partial charge is 0.416 e. The fraction of sp³-hybridized carbons (Fsp3) is 0.389. The Labute approximate surface area is 176 Å². The van der Waals surface area contributed by atoms with E-state index in [9.17, 15) is 13.2 Å². The van der Waals surface area contributed by atoms with Gasteiger partial charge < -0.3 is 10.1 Å². The number of nitrogens with one attached hydrogen (secondary N) is 2. The third kappa shape index (κ3) is 5.46. The van der Waals surface area contributed by atoms with Crippen LogP contribution in [0.2, 0.25) is 5.15 Å². The zero-order chi connectivity index (χ0) is 21.0. The second-order valence-corrected chi connectivity index (χ2v) is 7.23. The van der Waals surface area contributed by atoms with Crippen LogP contribution in [0.5, 0.6) is 0 Å². The molecule has 0 aliphatic carbocycles. The molecule has 2 heterocycles. The fourth-order valence-corrected chi connectivity index (χ4v) is 3.31. The molecule has 11 heteroatoms. The third-order valence-corrected chi connectivity index (χ3v) is 4.94. The van der Waals surface area contributed by atoms with E-state index in [1.54, 1.807) is 6.92 Å². The van der Waals surface area contributed by atoms with Crippen molar-refractivity contribution < 1.29 is 17.9 Å². The highest BCUT2D eigenvalue weighted by Gasteiger charge is 2.30. The summed E-state index contributed by atoms with van der Waals surface area (Å²) < 4.78 is 45.6. The van der Waals surface area contributed by atoms with Gasteiger partial charge in [0.05, 0.1) is 34.8 Å². The van der Waals surface area contributed by atoms with E-state index >= 15 is 0 Å². The Kier molecular flexibility index (Phi) is 6.76. The summed E-state index contributed by atoms with van der Waals surface area (Å²) in [7, 11) is 0. The van der Waals surface area contributed by atoms with Crippen molar-refractivity contribution in [3.63, 3.8) is 0 Å². The minimum absolute atomic E-state index is 0.140. The van der Waals surface area contributed by atoms with Crippen LogP contribution in [-0.2, 0) is 10.9 Å². The van der Waals surface area contributed by atoms with E-state index in [4.69, 9.17) is 28.6 Å². The van der Waals surface area contributed by atoms with Crippen molar-refractivity contribution in [1.29, 1.82) is 0 Å². The number of hydrogen-bond acceptors (Lipinski definition) is 4. The maximum Gasteiger partial charge on any atom is 0.416 e. The fourth-order valence-electron chi connectivity index (χ4n) is 2.85. The number of nitrogens with zero attached hydrogens (tertiary/aromatic N) is 3. The zero-order valence-corrected chi connectivity index (χ0v) is 17.0. The summed E-state index contributed by atoms with van der Waals surface area (Å²) >= 11 is 11.5. The van der Waals surface area contributed by atoms with Crippen LogP contribution in [0.4, 0.5) is 13.2 Å². The Morgan fingerprint density at radius 3 is 2.97 bits per heavy atom. The van der Waals surface area contributed by atoms with Gasteiger partial charge in [0.2, 0.25) is 0 Å². The molecule has 0 bridgehead atoms. The number of benzene rings is 1. The van der Waals surface area contributed by atoms with Crippen molar-refractivity contribution in [1.82, 2.24) is 20.5 Å². The molecule has 1 aromatic carbocycles. The molecular weight excluding hydrogens is 427 g/mol. The van der Waals surface area contributed by atoms with Crippen LogP contribution < -0.4 is 10.7 Å². The first-order valence-electron chi connectivity index (χ1n) is 8.87. The number of hydrazone groups is 1. The number of ether oxygens (including phenoxy) is 1. The van der Waals surface area contributed by atoms with E-state index in [1.807, 2.05) is 0 Å². The Hall–Kier alpha value is -2.17. The van der Waals surface area contributed by atoms with Crippen LogP contribution in [0, 0.1) is 6.92 Å². The van der Waals surface area contributed by atoms with Gasteiger partial charge in [-0.1, -0.05) is 17.7 Å². The molecule has 0 spiro atoms. The highest BCUT2D eigenvalue weighted by molar-refractivity contribution is 7.80. The second kappa shape index (κ2) is 9.10. The predicted octanol–water partition coefficient (Wildman–Crippen LogP) is 3.83. The third-order valence-electron chi connectivity index (χ3n) is 4.34. The normalized spacial score (nSPS) is 17.1. The lowest BCUT2D eigenvalue weighted by Gasteiger charge is -2.11. The molecule has 2 aromatic rings. The minimum atomic E-state index is -4.45. The molecule has 1 aliphatic rings. The van der Waals surface area contributed by atoms with E-state index in [-0.39, 0.29) is 16.9 Å². The number of hydrogen-bond donors (Lipinski definition) is 2. The van der Waals surface area contributed by atoms with Gasteiger partial charge in [-0.3, -0.25) is 5.43 Å². The highest BCUT2D eigenvalue weighted by Crippen LogP contribution is 2.31. The van der Waals surface area contributed by atoms with Crippen LogP contribution in [0.15, 0.2) is 29.4 Å². The molecule has 1 aliphatic heterocycles. The second-order valence-electron chi connectivity index (χ2n) is 6.46. The SMILES string of the molecule is Cc1nn(-c2cccc(C(F)(F)F)c2)c(Cl)c1/C=N\NC(=S)NC[C@@H]1CCCO1. The molecule has 2 N–H and O–H groups in total. The smallest absolute Gasteiger partial charge is 0.376 e. The van der Waals surface area contributed by atoms with Gasteiger partial charge in [-0.05, 0) is 50.2 Å². The monoisotopic (exact) mass is 445 g/mol. The van der Waals surface area contributed by atoms with E-state index in [2.05, 4.69) is 20.9 Å². The lowest BCUT2D eigenvalue weighted by molar-refractivity contribution is -0.137. The van der Waals surface area contributed by atoms with Crippen molar-refractivity contribution in [2.24, 2.45) is 5.10 Å². The van der Waals surface area contributed by atoms with Gasteiger partial charge in [-0.25, -0.2) is 4.68 Å². The molecule has 1 saturated heterocycles. The molecule has 3 rings (SSSR count). The van der Waals surface area contributed by atoms with Crippen LogP contribution in [0.25, 0.3) is 5.69 Å². The Bertz CT molecular complexity index is 909. The summed E-state index contributed by atoms with van der Waals surface area (Å²) in [6, 6.07) is 4.78. The number of aromatic nitrogens is 2. The molecule has 29 heavy (non-hydrogen) atoms. The topological polar surface area (TPSA) is 63.5 Å². The molecular formula is C18H19ClF3N5OS. The van der Waals surface area contributed by atoms with Gasteiger partial charge in [0.1, 0.15) is 5.15 Å². The molecule has 1 aromatic heterocycles. The summed E-state index contributed by atoms with van der Waals surface area (Å²) in [6.07, 6.45) is -0.859. The molecule has 0 unspecified atom stereocenters. The Morgan fingerprint density at radius 1 is 1.48 bits per heavy atom. The average molecular weight is 446 g/mol. The van der Waals surface area contributed by atoms with Crippen molar-refractivity contribution in [3.8, 4) is 5.69 Å². The van der Waals surface area contributed by atoms with E-state index < -0.39 is 11.7 Å². The van der Waals surface area contributed by atoms with Crippen LogP contribution >= 0.6 is 23.8 Å². The summed E-state index contributed by atoms with van der Waals surface area (Å²) in [5.41, 5.74) is 3.08. The summed E-state index contributed by atoms with van der Waals surface area (Å²) in [6.45, 7) is 3.04. The summed E-state index contributed by atoms with van der Waals surface area (Å²) in [5, 5.41) is 11.7. The maximum atomic E-state index is 13.0. The number of thiocarbonyl (C=S) groups is 1. The standard InChI is InChI=1S/C18H19ClF3N5OS/c1-11-15(10-24-25-17(29)23-9-14-6-3-7-28-14)16(19)27(26-11)13-5-2-4-12(8-13)18(20,21)22/h2,4-5,8,10,14H,3,6-7,9H2,1H3,(H2,23,25,29)/b24-10-/t14-/m0/s1. The predicted molar refractivity (Wildman–Crippen MR) is 109 cm³/mol.